The second-order valence-electron chi connectivity index (χ2n) is 9.25. The number of hydrogen-bond acceptors (Lipinski definition) is 4. The zero-order valence-corrected chi connectivity index (χ0v) is 19.3. The molecule has 0 heterocycles. The SMILES string of the molecule is COc1ccc(/C=C/C(=O)SCc2cc(C(C)(C)C)c(O)c(C(C)(C)C)c2)cc1. The van der Waals surface area contributed by atoms with Gasteiger partial charge in [-0.05, 0) is 51.3 Å². The number of methoxy groups -OCH3 is 1. The van der Waals surface area contributed by atoms with Crippen molar-refractivity contribution in [2.24, 2.45) is 0 Å². The van der Waals surface area contributed by atoms with Crippen LogP contribution in [0.4, 0.5) is 0 Å². The van der Waals surface area contributed by atoms with E-state index in [0.29, 0.717) is 11.5 Å². The van der Waals surface area contributed by atoms with Crippen LogP contribution in [0.5, 0.6) is 11.5 Å². The van der Waals surface area contributed by atoms with Crippen LogP contribution in [0, 0.1) is 0 Å². The minimum absolute atomic E-state index is 0.00325. The fourth-order valence-electron chi connectivity index (χ4n) is 3.00. The van der Waals surface area contributed by atoms with Crippen LogP contribution in [0.1, 0.15) is 63.8 Å². The third-order valence-electron chi connectivity index (χ3n) is 4.69. The molecule has 0 bridgehead atoms. The summed E-state index contributed by atoms with van der Waals surface area (Å²) in [6, 6.07) is 11.6. The van der Waals surface area contributed by atoms with Crippen molar-refractivity contribution < 1.29 is 14.6 Å². The molecule has 2 aromatic rings. The molecule has 29 heavy (non-hydrogen) atoms. The second-order valence-corrected chi connectivity index (χ2v) is 10.2. The van der Waals surface area contributed by atoms with Gasteiger partial charge >= 0.3 is 0 Å². The molecule has 2 rings (SSSR count). The Labute approximate surface area is 179 Å². The smallest absolute Gasteiger partial charge is 0.212 e. The average molecular weight is 413 g/mol. The molecule has 0 aliphatic heterocycles. The van der Waals surface area contributed by atoms with Gasteiger partial charge in [0.2, 0.25) is 5.12 Å². The number of aromatic hydroxyl groups is 1. The number of ether oxygens (including phenoxy) is 1. The molecule has 0 unspecified atom stereocenters. The Kier molecular flexibility index (Phi) is 7.23. The van der Waals surface area contributed by atoms with Gasteiger partial charge in [-0.3, -0.25) is 4.79 Å². The van der Waals surface area contributed by atoms with Gasteiger partial charge in [0.15, 0.2) is 0 Å². The Balaban J connectivity index is 2.16. The number of carbonyl (C=O) groups excluding carboxylic acids is 1. The first-order valence-electron chi connectivity index (χ1n) is 9.77. The van der Waals surface area contributed by atoms with Crippen LogP contribution >= 0.6 is 11.8 Å². The number of thioether (sulfide) groups is 1. The standard InChI is InChI=1S/C25H32O3S/c1-24(2,3)20-14-18(15-21(23(20)27)25(4,5)6)16-29-22(26)13-10-17-8-11-19(28-7)12-9-17/h8-15,27H,16H2,1-7H3/b13-10+. The highest BCUT2D eigenvalue weighted by molar-refractivity contribution is 8.13. The average Bonchev–Trinajstić information content (AvgIpc) is 2.64. The van der Waals surface area contributed by atoms with E-state index in [2.05, 4.69) is 41.5 Å². The summed E-state index contributed by atoms with van der Waals surface area (Å²) >= 11 is 1.27. The Morgan fingerprint density at radius 3 is 1.97 bits per heavy atom. The molecule has 1 N–H and O–H groups in total. The van der Waals surface area contributed by atoms with Crippen LogP contribution in [0.15, 0.2) is 42.5 Å². The van der Waals surface area contributed by atoms with Crippen molar-refractivity contribution in [1.82, 2.24) is 0 Å². The molecule has 0 radical (unpaired) electrons. The molecular formula is C25H32O3S. The molecule has 4 heteroatoms. The van der Waals surface area contributed by atoms with E-state index >= 15 is 0 Å². The van der Waals surface area contributed by atoms with Crippen molar-refractivity contribution in [3.63, 3.8) is 0 Å². The van der Waals surface area contributed by atoms with Crippen molar-refractivity contribution in [3.05, 3.63) is 64.7 Å². The summed E-state index contributed by atoms with van der Waals surface area (Å²) in [6.45, 7) is 12.5. The molecular weight excluding hydrogens is 380 g/mol. The maximum absolute atomic E-state index is 12.3. The topological polar surface area (TPSA) is 46.5 Å². The van der Waals surface area contributed by atoms with Crippen molar-refractivity contribution in [3.8, 4) is 11.5 Å². The van der Waals surface area contributed by atoms with Gasteiger partial charge < -0.3 is 9.84 Å². The first-order chi connectivity index (χ1) is 13.4. The highest BCUT2D eigenvalue weighted by Crippen LogP contribution is 2.40. The Hall–Kier alpha value is -2.20. The zero-order valence-electron chi connectivity index (χ0n) is 18.5. The quantitative estimate of drug-likeness (QED) is 0.572. The summed E-state index contributed by atoms with van der Waals surface area (Å²) in [4.78, 5) is 12.3. The highest BCUT2D eigenvalue weighted by Gasteiger charge is 2.26. The first kappa shape index (κ1) is 23.1. The largest absolute Gasteiger partial charge is 0.507 e. The predicted octanol–water partition coefficient (Wildman–Crippen LogP) is 6.47. The fraction of sp³-hybridized carbons (Fsp3) is 0.400. The Morgan fingerprint density at radius 1 is 1.00 bits per heavy atom. The van der Waals surface area contributed by atoms with E-state index in [1.807, 2.05) is 42.5 Å². The second kappa shape index (κ2) is 9.08. The van der Waals surface area contributed by atoms with E-state index in [1.54, 1.807) is 13.2 Å². The van der Waals surface area contributed by atoms with Gasteiger partial charge in [0, 0.05) is 5.75 Å². The molecule has 0 aliphatic carbocycles. The van der Waals surface area contributed by atoms with Gasteiger partial charge in [0.25, 0.3) is 0 Å². The summed E-state index contributed by atoms with van der Waals surface area (Å²) in [5.41, 5.74) is 3.48. The van der Waals surface area contributed by atoms with Gasteiger partial charge in [0.05, 0.1) is 7.11 Å². The molecule has 156 valence electrons. The molecule has 0 spiro atoms. The summed E-state index contributed by atoms with van der Waals surface area (Å²) in [5.74, 6) is 1.72. The van der Waals surface area contributed by atoms with Gasteiger partial charge in [0.1, 0.15) is 11.5 Å². The normalized spacial score (nSPS) is 12.4. The van der Waals surface area contributed by atoms with Crippen molar-refractivity contribution in [1.29, 1.82) is 0 Å². The van der Waals surface area contributed by atoms with E-state index in [1.165, 1.54) is 11.8 Å². The molecule has 3 nitrogen and oxygen atoms in total. The van der Waals surface area contributed by atoms with Crippen molar-refractivity contribution in [2.75, 3.05) is 7.11 Å². The van der Waals surface area contributed by atoms with E-state index in [9.17, 15) is 9.90 Å². The van der Waals surface area contributed by atoms with E-state index in [0.717, 1.165) is 28.0 Å². The van der Waals surface area contributed by atoms with Crippen LogP contribution in [-0.4, -0.2) is 17.3 Å². The maximum atomic E-state index is 12.3. The van der Waals surface area contributed by atoms with Crippen molar-refractivity contribution in [2.45, 2.75) is 58.1 Å². The number of hydrogen-bond donors (Lipinski definition) is 1. The lowest BCUT2D eigenvalue weighted by molar-refractivity contribution is -0.107. The van der Waals surface area contributed by atoms with E-state index < -0.39 is 0 Å². The van der Waals surface area contributed by atoms with Crippen LogP contribution in [-0.2, 0) is 21.4 Å². The van der Waals surface area contributed by atoms with Crippen LogP contribution < -0.4 is 4.74 Å². The lowest BCUT2D eigenvalue weighted by Crippen LogP contribution is -2.17. The molecule has 0 fully saturated rings. The fourth-order valence-corrected chi connectivity index (χ4v) is 3.64. The first-order valence-corrected chi connectivity index (χ1v) is 10.8. The third kappa shape index (κ3) is 6.40. The number of phenolic OH excluding ortho intramolecular Hbond substituents is 1. The van der Waals surface area contributed by atoms with Crippen LogP contribution in [0.25, 0.3) is 6.08 Å². The molecule has 2 aromatic carbocycles. The number of carbonyl (C=O) groups is 1. The lowest BCUT2D eigenvalue weighted by atomic mass is 9.78. The summed E-state index contributed by atoms with van der Waals surface area (Å²) < 4.78 is 5.14. The van der Waals surface area contributed by atoms with Crippen molar-refractivity contribution >= 4 is 23.0 Å². The molecule has 0 aliphatic rings. The van der Waals surface area contributed by atoms with Crippen LogP contribution in [0.2, 0.25) is 0 Å². The van der Waals surface area contributed by atoms with Gasteiger partial charge in [-0.25, -0.2) is 0 Å². The highest BCUT2D eigenvalue weighted by atomic mass is 32.2. The molecule has 0 saturated carbocycles. The monoisotopic (exact) mass is 412 g/mol. The molecule has 0 aromatic heterocycles. The van der Waals surface area contributed by atoms with Gasteiger partial charge in [-0.15, -0.1) is 0 Å². The zero-order chi connectivity index (χ0) is 21.8. The van der Waals surface area contributed by atoms with E-state index in [4.69, 9.17) is 4.74 Å². The summed E-state index contributed by atoms with van der Waals surface area (Å²) in [6.07, 6.45) is 3.41. The molecule has 0 amide bonds. The number of benzene rings is 2. The number of phenols is 1. The van der Waals surface area contributed by atoms with E-state index in [-0.39, 0.29) is 15.9 Å². The van der Waals surface area contributed by atoms with Gasteiger partial charge in [-0.1, -0.05) is 83.6 Å². The predicted molar refractivity (Wildman–Crippen MR) is 124 cm³/mol. The minimum Gasteiger partial charge on any atom is -0.507 e. The maximum Gasteiger partial charge on any atom is 0.212 e. The summed E-state index contributed by atoms with van der Waals surface area (Å²) in [7, 11) is 1.63. The number of rotatable bonds is 5. The van der Waals surface area contributed by atoms with Crippen LogP contribution in [0.3, 0.4) is 0 Å². The minimum atomic E-state index is -0.178. The Morgan fingerprint density at radius 2 is 1.52 bits per heavy atom. The molecule has 0 atom stereocenters. The Bertz CT molecular complexity index is 847. The third-order valence-corrected chi connectivity index (χ3v) is 5.59. The molecule has 0 saturated heterocycles. The van der Waals surface area contributed by atoms with Gasteiger partial charge in [-0.2, -0.15) is 0 Å². The summed E-state index contributed by atoms with van der Waals surface area (Å²) in [5, 5.41) is 10.8. The lowest BCUT2D eigenvalue weighted by Gasteiger charge is -2.28.